The lowest BCUT2D eigenvalue weighted by Crippen LogP contribution is -2.42. The summed E-state index contributed by atoms with van der Waals surface area (Å²) in [5.41, 5.74) is 6.90. The maximum atomic E-state index is 12.4. The van der Waals surface area contributed by atoms with Crippen molar-refractivity contribution < 1.29 is 29.3 Å². The molecule has 14 nitrogen and oxygen atoms in total. The number of aryl methyl sites for hydroxylation is 1. The summed E-state index contributed by atoms with van der Waals surface area (Å²) in [4.78, 5) is 39.8. The van der Waals surface area contributed by atoms with Gasteiger partial charge < -0.3 is 41.0 Å². The zero-order valence-electron chi connectivity index (χ0n) is 22.9. The number of nitrogen functional groups attached to an aromatic ring is 1. The minimum atomic E-state index is -1.40. The predicted molar refractivity (Wildman–Crippen MR) is 144 cm³/mol. The molecule has 0 radical (unpaired) electrons. The van der Waals surface area contributed by atoms with Crippen LogP contribution in [0.15, 0.2) is 6.33 Å². The molecule has 3 aliphatic rings. The second-order valence-corrected chi connectivity index (χ2v) is 10.9. The first-order valence-corrected chi connectivity index (χ1v) is 14.3. The van der Waals surface area contributed by atoms with Gasteiger partial charge in [0.05, 0.1) is 12.9 Å². The number of hydrogen-bond donors (Lipinski definition) is 5. The van der Waals surface area contributed by atoms with Crippen LogP contribution in [0.1, 0.15) is 51.1 Å². The summed E-state index contributed by atoms with van der Waals surface area (Å²) in [7, 11) is 0. The Hall–Kier alpha value is -3.07. The van der Waals surface area contributed by atoms with Crippen molar-refractivity contribution in [3.05, 3.63) is 12.2 Å². The number of carbonyl (C=O) groups is 2. The number of nitrogens with zero attached hydrogens (tertiary/aromatic N) is 5. The topological polar surface area (TPSA) is 190 Å². The summed E-state index contributed by atoms with van der Waals surface area (Å²) in [6.45, 7) is 5.92. The van der Waals surface area contributed by atoms with E-state index in [-0.39, 0.29) is 11.9 Å². The van der Waals surface area contributed by atoms with Gasteiger partial charge in [0.15, 0.2) is 23.8 Å². The average molecular weight is 561 g/mol. The molecule has 2 aromatic rings. The molecular weight excluding hydrogens is 520 g/mol. The lowest BCUT2D eigenvalue weighted by Gasteiger charge is -2.31. The van der Waals surface area contributed by atoms with Crippen LogP contribution in [0.2, 0.25) is 0 Å². The number of piperidine rings is 1. The molecule has 0 spiro atoms. The highest BCUT2D eigenvalue weighted by atomic mass is 16.6. The highest BCUT2D eigenvalue weighted by Gasteiger charge is 2.47. The van der Waals surface area contributed by atoms with E-state index in [2.05, 4.69) is 25.6 Å². The predicted octanol–water partition coefficient (Wildman–Crippen LogP) is -0.0554. The number of nitrogens with one attached hydrogen (secondary N) is 2. The van der Waals surface area contributed by atoms with Crippen molar-refractivity contribution in [2.45, 2.75) is 70.0 Å². The number of aromatic nitrogens is 4. The Morgan fingerprint density at radius 1 is 1.20 bits per heavy atom. The molecule has 0 saturated carbocycles. The van der Waals surface area contributed by atoms with Crippen molar-refractivity contribution in [2.75, 3.05) is 45.1 Å². The van der Waals surface area contributed by atoms with Crippen molar-refractivity contribution in [3.8, 4) is 0 Å². The number of nitrogens with two attached hydrogens (primary N) is 1. The normalized spacial score (nSPS) is 27.4. The summed E-state index contributed by atoms with van der Waals surface area (Å²) >= 11 is 0. The van der Waals surface area contributed by atoms with Gasteiger partial charge in [-0.15, -0.1) is 0 Å². The van der Waals surface area contributed by atoms with Crippen LogP contribution in [0, 0.1) is 11.8 Å². The molecule has 5 atom stereocenters. The van der Waals surface area contributed by atoms with Gasteiger partial charge in [0.1, 0.15) is 23.5 Å². The Morgan fingerprint density at radius 3 is 2.73 bits per heavy atom. The fourth-order valence-corrected chi connectivity index (χ4v) is 5.75. The Morgan fingerprint density at radius 2 is 2.00 bits per heavy atom. The Kier molecular flexibility index (Phi) is 8.98. The molecule has 5 rings (SSSR count). The van der Waals surface area contributed by atoms with Gasteiger partial charge in [-0.2, -0.15) is 0 Å². The van der Waals surface area contributed by atoms with E-state index >= 15 is 0 Å². The van der Waals surface area contributed by atoms with Gasteiger partial charge in [0, 0.05) is 38.5 Å². The summed E-state index contributed by atoms with van der Waals surface area (Å²) in [5, 5.41) is 26.9. The molecule has 2 aromatic heterocycles. The number of aliphatic hydroxyl groups is 2. The second-order valence-electron chi connectivity index (χ2n) is 10.9. The molecule has 5 heterocycles. The maximum Gasteiger partial charge on any atom is 0.409 e. The van der Waals surface area contributed by atoms with E-state index in [1.807, 2.05) is 4.90 Å². The van der Waals surface area contributed by atoms with Crippen molar-refractivity contribution in [1.29, 1.82) is 0 Å². The second kappa shape index (κ2) is 12.6. The third-order valence-electron chi connectivity index (χ3n) is 8.11. The maximum absolute atomic E-state index is 12.4. The van der Waals surface area contributed by atoms with Crippen LogP contribution < -0.4 is 16.4 Å². The fraction of sp³-hybridized carbons (Fsp3) is 0.731. The van der Waals surface area contributed by atoms with E-state index in [0.717, 1.165) is 45.2 Å². The lowest BCUT2D eigenvalue weighted by atomic mass is 9.91. The average Bonchev–Trinajstić information content (AvgIpc) is 3.68. The summed E-state index contributed by atoms with van der Waals surface area (Å²) in [5.74, 6) is 1.18. The number of rotatable bonds is 9. The van der Waals surface area contributed by atoms with Crippen LogP contribution in [0.25, 0.3) is 11.2 Å². The number of likely N-dealkylation sites (tertiary alicyclic amines) is 1. The number of anilines is 1. The van der Waals surface area contributed by atoms with Gasteiger partial charge in [-0.05, 0) is 51.5 Å². The Bertz CT molecular complexity index is 1180. The number of imidazole rings is 1. The van der Waals surface area contributed by atoms with Gasteiger partial charge in [0.25, 0.3) is 5.91 Å². The lowest BCUT2D eigenvalue weighted by molar-refractivity contribution is -0.137. The number of aliphatic hydroxyl groups excluding tert-OH is 2. The zero-order valence-corrected chi connectivity index (χ0v) is 22.9. The highest BCUT2D eigenvalue weighted by molar-refractivity contribution is 5.83. The molecule has 0 bridgehead atoms. The van der Waals surface area contributed by atoms with Gasteiger partial charge in [-0.1, -0.05) is 0 Å². The van der Waals surface area contributed by atoms with Crippen LogP contribution >= 0.6 is 0 Å². The molecule has 0 aliphatic carbocycles. The molecule has 40 heavy (non-hydrogen) atoms. The molecule has 2 unspecified atom stereocenters. The third-order valence-corrected chi connectivity index (χ3v) is 8.11. The van der Waals surface area contributed by atoms with Crippen molar-refractivity contribution in [1.82, 2.24) is 35.1 Å². The van der Waals surface area contributed by atoms with Gasteiger partial charge in [-0.25, -0.2) is 19.7 Å². The third kappa shape index (κ3) is 6.14. The van der Waals surface area contributed by atoms with Crippen LogP contribution in [0.4, 0.5) is 10.6 Å². The van der Waals surface area contributed by atoms with E-state index in [4.69, 9.17) is 15.2 Å². The molecule has 3 aliphatic heterocycles. The van der Waals surface area contributed by atoms with Crippen molar-refractivity contribution in [3.63, 3.8) is 0 Å². The molecule has 6 N–H and O–H groups in total. The molecule has 3 fully saturated rings. The number of likely N-dealkylation sites (N-methyl/N-ethyl adjacent to an activating group) is 1. The SMILES string of the molecule is CCNC(=O)[C@H]1O[C@@H](n2cnc3c(N)nc(CCCC4CCN(C(=O)OCC5CCNC5)CC4)nc32)[C@@H](O)C1O. The minimum Gasteiger partial charge on any atom is -0.449 e. The first-order valence-electron chi connectivity index (χ1n) is 14.3. The Labute approximate surface area is 232 Å². The first kappa shape index (κ1) is 28.5. The summed E-state index contributed by atoms with van der Waals surface area (Å²) in [6.07, 6.45) is 1.53. The van der Waals surface area contributed by atoms with Crippen LogP contribution in [0.5, 0.6) is 0 Å². The van der Waals surface area contributed by atoms with E-state index in [0.29, 0.717) is 61.5 Å². The number of hydrogen-bond acceptors (Lipinski definition) is 11. The number of carbonyl (C=O) groups excluding carboxylic acids is 2. The van der Waals surface area contributed by atoms with Gasteiger partial charge in [0.2, 0.25) is 0 Å². The van der Waals surface area contributed by atoms with Crippen LogP contribution in [0.3, 0.4) is 0 Å². The van der Waals surface area contributed by atoms with E-state index in [9.17, 15) is 19.8 Å². The molecule has 0 aromatic carbocycles. The Balaban J connectivity index is 1.14. The number of amides is 2. The molecule has 2 amide bonds. The van der Waals surface area contributed by atoms with Gasteiger partial charge in [-0.3, -0.25) is 9.36 Å². The smallest absolute Gasteiger partial charge is 0.409 e. The molecule has 3 saturated heterocycles. The zero-order chi connectivity index (χ0) is 28.2. The largest absolute Gasteiger partial charge is 0.449 e. The van der Waals surface area contributed by atoms with Crippen LogP contribution in [-0.2, 0) is 20.7 Å². The highest BCUT2D eigenvalue weighted by Crippen LogP contribution is 2.32. The first-order chi connectivity index (χ1) is 19.4. The number of fused-ring (bicyclic) bond motifs is 1. The monoisotopic (exact) mass is 560 g/mol. The molecule has 220 valence electrons. The van der Waals surface area contributed by atoms with Gasteiger partial charge >= 0.3 is 6.09 Å². The molecule has 14 heteroatoms. The minimum absolute atomic E-state index is 0.208. The summed E-state index contributed by atoms with van der Waals surface area (Å²) in [6, 6.07) is 0. The van der Waals surface area contributed by atoms with Crippen LogP contribution in [-0.4, -0.2) is 104 Å². The van der Waals surface area contributed by atoms with E-state index in [1.54, 1.807) is 6.92 Å². The fourth-order valence-electron chi connectivity index (χ4n) is 5.75. The van der Waals surface area contributed by atoms with E-state index < -0.39 is 30.4 Å². The summed E-state index contributed by atoms with van der Waals surface area (Å²) < 4.78 is 12.7. The van der Waals surface area contributed by atoms with E-state index in [1.165, 1.54) is 10.9 Å². The van der Waals surface area contributed by atoms with Crippen molar-refractivity contribution in [2.24, 2.45) is 11.8 Å². The van der Waals surface area contributed by atoms with Crippen molar-refractivity contribution >= 4 is 29.0 Å². The number of ether oxygens (including phenoxy) is 2. The quantitative estimate of drug-likeness (QED) is 0.276. The standard InChI is InChI=1S/C26H40N8O6/c1-2-29-24(37)21-19(35)20(36)25(40-21)34-14-30-18-22(27)31-17(32-23(18)34)5-3-4-15-7-10-33(11-8-15)26(38)39-13-16-6-9-28-12-16/h14-16,19-21,25,28,35-36H,2-13H2,1H3,(H,29,37)(H2,27,31,32)/t16?,19?,20-,21-,25+/m0/s1. The molecular formula is C26H40N8O6.